The van der Waals surface area contributed by atoms with Crippen LogP contribution >= 0.6 is 11.6 Å². The zero-order valence-electron chi connectivity index (χ0n) is 19.7. The zero-order chi connectivity index (χ0) is 25.5. The van der Waals surface area contributed by atoms with E-state index in [1.165, 1.54) is 0 Å². The Morgan fingerprint density at radius 2 is 1.58 bits per heavy atom. The summed E-state index contributed by atoms with van der Waals surface area (Å²) in [6.07, 6.45) is 4.30. The number of hydrogen-bond donors (Lipinski definition) is 3. The molecule has 2 amide bonds. The maximum atomic E-state index is 13.0. The van der Waals surface area contributed by atoms with Gasteiger partial charge in [-0.3, -0.25) is 14.4 Å². The highest BCUT2D eigenvalue weighted by molar-refractivity contribution is 6.30. The van der Waals surface area contributed by atoms with Gasteiger partial charge in [0.05, 0.1) is 16.9 Å². The molecule has 36 heavy (non-hydrogen) atoms. The van der Waals surface area contributed by atoms with Crippen LogP contribution in [0.2, 0.25) is 5.02 Å². The Morgan fingerprint density at radius 1 is 0.861 bits per heavy atom. The van der Waals surface area contributed by atoms with Gasteiger partial charge in [0.1, 0.15) is 5.56 Å². The van der Waals surface area contributed by atoms with Gasteiger partial charge in [-0.1, -0.05) is 42.3 Å². The number of nitrogen functional groups attached to an aromatic ring is 1. The Balaban J connectivity index is 1.40. The lowest BCUT2D eigenvalue weighted by atomic mass is 10.1. The molecule has 8 heteroatoms. The molecule has 0 saturated carbocycles. The summed E-state index contributed by atoms with van der Waals surface area (Å²) in [6, 6.07) is 21.1. The van der Waals surface area contributed by atoms with Gasteiger partial charge < -0.3 is 20.9 Å². The number of fused-ring (bicyclic) bond motifs is 1. The van der Waals surface area contributed by atoms with Crippen LogP contribution < -0.4 is 21.8 Å². The van der Waals surface area contributed by atoms with Crippen LogP contribution in [0.4, 0.5) is 17.1 Å². The van der Waals surface area contributed by atoms with Crippen LogP contribution in [0, 0.1) is 0 Å². The fourth-order valence-corrected chi connectivity index (χ4v) is 4.12. The summed E-state index contributed by atoms with van der Waals surface area (Å²) in [6.45, 7) is 0.606. The fraction of sp³-hybridized carbons (Fsp3) is 0.179. The van der Waals surface area contributed by atoms with E-state index in [0.29, 0.717) is 46.9 Å². The average Bonchev–Trinajstić information content (AvgIpc) is 2.88. The van der Waals surface area contributed by atoms with Crippen molar-refractivity contribution < 1.29 is 9.59 Å². The smallest absolute Gasteiger partial charge is 0.261 e. The summed E-state index contributed by atoms with van der Waals surface area (Å²) in [7, 11) is 0. The van der Waals surface area contributed by atoms with E-state index in [0.717, 1.165) is 18.4 Å². The summed E-state index contributed by atoms with van der Waals surface area (Å²) in [5.41, 5.74) is 8.11. The monoisotopic (exact) mass is 502 g/mol. The summed E-state index contributed by atoms with van der Waals surface area (Å²) < 4.78 is 1.93. The molecular weight excluding hydrogens is 476 g/mol. The van der Waals surface area contributed by atoms with Crippen LogP contribution in [0.3, 0.4) is 0 Å². The molecule has 0 radical (unpaired) electrons. The molecule has 0 saturated heterocycles. The average molecular weight is 503 g/mol. The number of nitrogens with two attached hydrogens (primary N) is 1. The third kappa shape index (κ3) is 6.12. The molecule has 0 fully saturated rings. The first kappa shape index (κ1) is 25.0. The molecule has 0 unspecified atom stereocenters. The second-order valence-corrected chi connectivity index (χ2v) is 8.93. The predicted octanol–water partition coefficient (Wildman–Crippen LogP) is 5.69. The lowest BCUT2D eigenvalue weighted by Crippen LogP contribution is -2.24. The molecule has 7 nitrogen and oxygen atoms in total. The van der Waals surface area contributed by atoms with Gasteiger partial charge in [-0.15, -0.1) is 0 Å². The number of amides is 2. The Labute approximate surface area is 213 Å². The predicted molar refractivity (Wildman–Crippen MR) is 146 cm³/mol. The van der Waals surface area contributed by atoms with Crippen LogP contribution in [0.5, 0.6) is 0 Å². The van der Waals surface area contributed by atoms with Crippen LogP contribution in [0.15, 0.2) is 83.8 Å². The Kier molecular flexibility index (Phi) is 8.02. The van der Waals surface area contributed by atoms with E-state index in [4.69, 9.17) is 17.3 Å². The number of benzene rings is 3. The molecule has 0 bridgehead atoms. The van der Waals surface area contributed by atoms with Crippen molar-refractivity contribution in [3.8, 4) is 0 Å². The van der Waals surface area contributed by atoms with Crippen molar-refractivity contribution in [2.45, 2.75) is 32.2 Å². The number of hydrogen-bond acceptors (Lipinski definition) is 4. The molecule has 3 aromatic carbocycles. The minimum absolute atomic E-state index is 0.0727. The van der Waals surface area contributed by atoms with Crippen molar-refractivity contribution in [3.63, 3.8) is 0 Å². The van der Waals surface area contributed by atoms with Crippen molar-refractivity contribution in [2.75, 3.05) is 16.4 Å². The molecule has 0 spiro atoms. The second-order valence-electron chi connectivity index (χ2n) is 8.49. The molecule has 4 aromatic rings. The summed E-state index contributed by atoms with van der Waals surface area (Å²) in [5.74, 6) is -0.554. The molecule has 1 aromatic heterocycles. The van der Waals surface area contributed by atoms with Crippen molar-refractivity contribution >= 4 is 51.4 Å². The molecule has 1 heterocycles. The number of para-hydroxylation sites is 3. The molecule has 184 valence electrons. The van der Waals surface area contributed by atoms with Gasteiger partial charge >= 0.3 is 0 Å². The highest BCUT2D eigenvalue weighted by Gasteiger charge is 2.16. The maximum Gasteiger partial charge on any atom is 0.261 e. The van der Waals surface area contributed by atoms with E-state index in [1.54, 1.807) is 54.7 Å². The van der Waals surface area contributed by atoms with E-state index >= 15 is 0 Å². The quantitative estimate of drug-likeness (QED) is 0.202. The number of nitrogens with zero attached hydrogens (tertiary/aromatic N) is 1. The molecule has 0 atom stereocenters. The van der Waals surface area contributed by atoms with Crippen LogP contribution in [-0.4, -0.2) is 16.4 Å². The first-order chi connectivity index (χ1) is 17.4. The van der Waals surface area contributed by atoms with Crippen molar-refractivity contribution in [3.05, 3.63) is 99.8 Å². The van der Waals surface area contributed by atoms with Crippen LogP contribution in [-0.2, 0) is 11.3 Å². The highest BCUT2D eigenvalue weighted by Crippen LogP contribution is 2.19. The molecule has 0 aliphatic rings. The van der Waals surface area contributed by atoms with E-state index in [2.05, 4.69) is 10.6 Å². The number of aromatic nitrogens is 1. The molecular formula is C28H27ClN4O3. The minimum atomic E-state index is -0.473. The lowest BCUT2D eigenvalue weighted by Gasteiger charge is -2.14. The topological polar surface area (TPSA) is 106 Å². The Hall–Kier alpha value is -4.10. The SMILES string of the molecule is Nc1ccccc1NC(=O)CCCCCn1cc(C(=O)Nc2ccc(Cl)cc2)c(=O)c2ccccc21. The number of nitrogens with one attached hydrogen (secondary N) is 2. The van der Waals surface area contributed by atoms with E-state index in [9.17, 15) is 14.4 Å². The molecule has 0 aliphatic heterocycles. The Morgan fingerprint density at radius 3 is 2.36 bits per heavy atom. The normalized spacial score (nSPS) is 10.8. The summed E-state index contributed by atoms with van der Waals surface area (Å²) >= 11 is 5.91. The standard InChI is InChI=1S/C28H27ClN4O3/c29-19-13-15-20(16-14-19)31-28(36)22-18-33(25-11-6-3-8-21(25)27(22)35)17-7-1-2-12-26(34)32-24-10-5-4-9-23(24)30/h3-6,8-11,13-16,18H,1-2,7,12,17,30H2,(H,31,36)(H,32,34). The molecule has 0 aliphatic carbocycles. The number of rotatable bonds is 9. The third-order valence-corrected chi connectivity index (χ3v) is 6.12. The van der Waals surface area contributed by atoms with Crippen molar-refractivity contribution in [1.82, 2.24) is 4.57 Å². The number of anilines is 3. The van der Waals surface area contributed by atoms with Crippen LogP contribution in [0.1, 0.15) is 36.0 Å². The van der Waals surface area contributed by atoms with Gasteiger partial charge in [0.2, 0.25) is 11.3 Å². The molecule has 4 N–H and O–H groups in total. The minimum Gasteiger partial charge on any atom is -0.397 e. The second kappa shape index (κ2) is 11.6. The van der Waals surface area contributed by atoms with Crippen molar-refractivity contribution in [2.24, 2.45) is 0 Å². The Bertz CT molecular complexity index is 1450. The lowest BCUT2D eigenvalue weighted by molar-refractivity contribution is -0.116. The van der Waals surface area contributed by atoms with Gasteiger partial charge in [-0.25, -0.2) is 0 Å². The third-order valence-electron chi connectivity index (χ3n) is 5.87. The zero-order valence-corrected chi connectivity index (χ0v) is 20.4. The number of unbranched alkanes of at least 4 members (excludes halogenated alkanes) is 2. The number of carbonyl (C=O) groups is 2. The van der Waals surface area contributed by atoms with E-state index < -0.39 is 5.91 Å². The summed E-state index contributed by atoms with van der Waals surface area (Å²) in [5, 5.41) is 6.65. The first-order valence-electron chi connectivity index (χ1n) is 11.8. The van der Waals surface area contributed by atoms with E-state index in [-0.39, 0.29) is 16.9 Å². The van der Waals surface area contributed by atoms with Gasteiger partial charge in [0.25, 0.3) is 5.91 Å². The number of carbonyl (C=O) groups excluding carboxylic acids is 2. The largest absolute Gasteiger partial charge is 0.397 e. The van der Waals surface area contributed by atoms with Gasteiger partial charge in [0.15, 0.2) is 0 Å². The van der Waals surface area contributed by atoms with Crippen molar-refractivity contribution in [1.29, 1.82) is 0 Å². The van der Waals surface area contributed by atoms with Gasteiger partial charge in [0, 0.05) is 35.3 Å². The van der Waals surface area contributed by atoms with Gasteiger partial charge in [-0.05, 0) is 61.4 Å². The highest BCUT2D eigenvalue weighted by atomic mass is 35.5. The number of pyridine rings is 1. The van der Waals surface area contributed by atoms with Crippen LogP contribution in [0.25, 0.3) is 10.9 Å². The maximum absolute atomic E-state index is 13.0. The first-order valence-corrected chi connectivity index (χ1v) is 12.1. The van der Waals surface area contributed by atoms with Gasteiger partial charge in [-0.2, -0.15) is 0 Å². The summed E-state index contributed by atoms with van der Waals surface area (Å²) in [4.78, 5) is 38.2. The number of halogens is 1. The fourth-order valence-electron chi connectivity index (χ4n) is 3.99. The number of aryl methyl sites for hydroxylation is 1. The molecule has 4 rings (SSSR count). The van der Waals surface area contributed by atoms with E-state index in [1.807, 2.05) is 28.8 Å².